The van der Waals surface area contributed by atoms with Gasteiger partial charge >= 0.3 is 7.60 Å². The maximum absolute atomic E-state index is 11.1. The van der Waals surface area contributed by atoms with Gasteiger partial charge in [-0.2, -0.15) is 0 Å². The lowest BCUT2D eigenvalue weighted by Gasteiger charge is -2.36. The fourth-order valence-electron chi connectivity index (χ4n) is 2.79. The maximum Gasteiger partial charge on any atom is 0.350 e. The Hall–Kier alpha value is -1.13. The third-order valence-corrected chi connectivity index (χ3v) is 9.73. The Bertz CT molecular complexity index is 924. The van der Waals surface area contributed by atoms with Crippen LogP contribution in [0.2, 0.25) is 23.3 Å². The molecule has 0 saturated heterocycles. The smallest absolute Gasteiger partial charge is 0.350 e. The lowest BCUT2D eigenvalue weighted by molar-refractivity contribution is 0.171. The van der Waals surface area contributed by atoms with Crippen molar-refractivity contribution in [3.8, 4) is 0 Å². The van der Waals surface area contributed by atoms with Crippen molar-refractivity contribution < 1.29 is 23.9 Å². The average Bonchev–Trinajstić information content (AvgIpc) is 2.98. The van der Waals surface area contributed by atoms with E-state index in [0.717, 1.165) is 0 Å². The molecule has 3 N–H and O–H groups in total. The number of nitrogens with zero attached hydrogens (tertiary/aromatic N) is 4. The SMILES string of the molecule is C=C(COCP(=O)(O)O)C(CCC(C)(C)[Si](C)(C)O)n1cnc2c(Cl)ncnc21. The van der Waals surface area contributed by atoms with Gasteiger partial charge in [-0.15, -0.1) is 0 Å². The van der Waals surface area contributed by atoms with E-state index in [9.17, 15) is 9.36 Å². The van der Waals surface area contributed by atoms with E-state index < -0.39 is 22.3 Å². The molecule has 29 heavy (non-hydrogen) atoms. The largest absolute Gasteiger partial charge is 0.432 e. The van der Waals surface area contributed by atoms with Crippen LogP contribution in [0.3, 0.4) is 0 Å². The number of hydrogen-bond acceptors (Lipinski definition) is 6. The van der Waals surface area contributed by atoms with Crippen LogP contribution in [0.1, 0.15) is 32.7 Å². The van der Waals surface area contributed by atoms with Crippen molar-refractivity contribution >= 4 is 38.7 Å². The molecule has 0 radical (unpaired) electrons. The van der Waals surface area contributed by atoms with Crippen molar-refractivity contribution in [2.75, 3.05) is 13.0 Å². The van der Waals surface area contributed by atoms with Crippen molar-refractivity contribution in [2.24, 2.45) is 0 Å². The molecule has 9 nitrogen and oxygen atoms in total. The molecule has 0 bridgehead atoms. The summed E-state index contributed by atoms with van der Waals surface area (Å²) >= 11 is 6.11. The first kappa shape index (κ1) is 24.1. The minimum absolute atomic E-state index is 0.0331. The fourth-order valence-corrected chi connectivity index (χ4v) is 4.05. The fraction of sp³-hybridized carbons (Fsp3) is 0.588. The van der Waals surface area contributed by atoms with Crippen LogP contribution in [0.5, 0.6) is 0 Å². The molecule has 162 valence electrons. The molecule has 1 atom stereocenters. The van der Waals surface area contributed by atoms with Crippen LogP contribution in [-0.2, 0) is 9.30 Å². The van der Waals surface area contributed by atoms with Crippen LogP contribution in [0.15, 0.2) is 24.8 Å². The van der Waals surface area contributed by atoms with E-state index in [1.807, 2.05) is 31.5 Å². The molecule has 2 aromatic heterocycles. The van der Waals surface area contributed by atoms with Crippen LogP contribution in [0.4, 0.5) is 0 Å². The van der Waals surface area contributed by atoms with Crippen LogP contribution in [0.25, 0.3) is 11.2 Å². The molecule has 1 unspecified atom stereocenters. The third kappa shape index (κ3) is 6.18. The van der Waals surface area contributed by atoms with Gasteiger partial charge in [-0.3, -0.25) is 4.57 Å². The molecule has 0 spiro atoms. The molecule has 12 heteroatoms. The van der Waals surface area contributed by atoms with Gasteiger partial charge < -0.3 is 23.9 Å². The lowest BCUT2D eigenvalue weighted by Crippen LogP contribution is -2.39. The van der Waals surface area contributed by atoms with Gasteiger partial charge in [0.25, 0.3) is 0 Å². The number of fused-ring (bicyclic) bond motifs is 1. The van der Waals surface area contributed by atoms with Crippen molar-refractivity contribution in [3.63, 3.8) is 0 Å². The first-order chi connectivity index (χ1) is 13.2. The lowest BCUT2D eigenvalue weighted by atomic mass is 9.97. The molecular formula is C17H28ClN4O5PSi. The Morgan fingerprint density at radius 1 is 1.38 bits per heavy atom. The standard InChI is InChI=1S/C17H28ClN4O5PSi/c1-12(8-27-11-28(23,24)25)13(6-7-17(2,3)29(4,5)26)22-10-21-14-15(18)19-9-20-16(14)22/h9-10,13,26H,1,6-8,11H2,2-5H3,(H2,23,24,25). The zero-order valence-corrected chi connectivity index (χ0v) is 19.7. The van der Waals surface area contributed by atoms with Gasteiger partial charge in [-0.1, -0.05) is 32.0 Å². The predicted molar refractivity (Wildman–Crippen MR) is 114 cm³/mol. The Morgan fingerprint density at radius 2 is 2.03 bits per heavy atom. The number of hydrogen-bond donors (Lipinski definition) is 3. The highest BCUT2D eigenvalue weighted by Crippen LogP contribution is 2.43. The minimum atomic E-state index is -4.27. The molecule has 0 saturated carbocycles. The second-order valence-electron chi connectivity index (χ2n) is 8.29. The minimum Gasteiger partial charge on any atom is -0.432 e. The third-order valence-electron chi connectivity index (χ3n) is 5.37. The van der Waals surface area contributed by atoms with Gasteiger partial charge in [0, 0.05) is 0 Å². The van der Waals surface area contributed by atoms with Crippen molar-refractivity contribution in [3.05, 3.63) is 30.0 Å². The first-order valence-electron chi connectivity index (χ1n) is 9.08. The Labute approximate surface area is 176 Å². The second kappa shape index (κ2) is 8.93. The number of halogens is 1. The van der Waals surface area contributed by atoms with Gasteiger partial charge in [-0.05, 0) is 36.5 Å². The number of aromatic nitrogens is 4. The average molecular weight is 463 g/mol. The topological polar surface area (TPSA) is 131 Å². The zero-order chi connectivity index (χ0) is 22.0. The molecule has 0 aromatic carbocycles. The van der Waals surface area contributed by atoms with E-state index in [2.05, 4.69) is 21.5 Å². The predicted octanol–water partition coefficient (Wildman–Crippen LogP) is 3.49. The van der Waals surface area contributed by atoms with Crippen LogP contribution < -0.4 is 0 Å². The highest BCUT2D eigenvalue weighted by molar-refractivity contribution is 7.51. The molecule has 2 heterocycles. The summed E-state index contributed by atoms with van der Waals surface area (Å²) in [5.41, 5.74) is 1.60. The summed E-state index contributed by atoms with van der Waals surface area (Å²) in [6.07, 6.45) is 3.57. The monoisotopic (exact) mass is 462 g/mol. The summed E-state index contributed by atoms with van der Waals surface area (Å²) in [5.74, 6) is 0. The molecule has 0 aliphatic heterocycles. The van der Waals surface area contributed by atoms with E-state index >= 15 is 0 Å². The summed E-state index contributed by atoms with van der Waals surface area (Å²) < 4.78 is 18.1. The summed E-state index contributed by atoms with van der Waals surface area (Å²) in [6.45, 7) is 11.9. The first-order valence-corrected chi connectivity index (χ1v) is 14.2. The van der Waals surface area contributed by atoms with Gasteiger partial charge in [0.1, 0.15) is 18.2 Å². The molecule has 0 fully saturated rings. The highest BCUT2D eigenvalue weighted by Gasteiger charge is 2.38. The molecular weight excluding hydrogens is 435 g/mol. The Balaban J connectivity index is 2.31. The summed E-state index contributed by atoms with van der Waals surface area (Å²) in [4.78, 5) is 41.1. The van der Waals surface area contributed by atoms with E-state index in [1.54, 1.807) is 6.33 Å². The molecule has 2 aromatic rings. The molecule has 2 rings (SSSR count). The van der Waals surface area contributed by atoms with Crippen molar-refractivity contribution in [2.45, 2.75) is 50.9 Å². The van der Waals surface area contributed by atoms with Crippen molar-refractivity contribution in [1.82, 2.24) is 19.5 Å². The van der Waals surface area contributed by atoms with Crippen LogP contribution in [-0.4, -0.2) is 55.4 Å². The van der Waals surface area contributed by atoms with Crippen molar-refractivity contribution in [1.29, 1.82) is 0 Å². The quantitative estimate of drug-likeness (QED) is 0.211. The number of ether oxygens (including phenoxy) is 1. The molecule has 0 amide bonds. The maximum atomic E-state index is 11.1. The van der Waals surface area contributed by atoms with Crippen LogP contribution in [0, 0.1) is 0 Å². The normalized spacial score (nSPS) is 14.3. The van der Waals surface area contributed by atoms with E-state index in [1.165, 1.54) is 6.33 Å². The number of imidazole rings is 1. The summed E-state index contributed by atoms with van der Waals surface area (Å²) in [5, 5.41) is -0.0264. The van der Waals surface area contributed by atoms with Gasteiger partial charge in [0.05, 0.1) is 19.0 Å². The van der Waals surface area contributed by atoms with E-state index in [0.29, 0.717) is 29.6 Å². The number of rotatable bonds is 10. The molecule has 0 aliphatic rings. The Morgan fingerprint density at radius 3 is 2.62 bits per heavy atom. The summed E-state index contributed by atoms with van der Waals surface area (Å²) in [6, 6.07) is -0.307. The summed E-state index contributed by atoms with van der Waals surface area (Å²) in [7, 11) is -6.69. The zero-order valence-electron chi connectivity index (χ0n) is 17.0. The second-order valence-corrected chi connectivity index (χ2v) is 14.7. The van der Waals surface area contributed by atoms with Gasteiger partial charge in [-0.25, -0.2) is 15.0 Å². The van der Waals surface area contributed by atoms with Gasteiger partial charge in [0.15, 0.2) is 19.1 Å². The molecule has 0 aliphatic carbocycles. The van der Waals surface area contributed by atoms with E-state index in [-0.39, 0.29) is 22.8 Å². The Kier molecular flexibility index (Phi) is 7.43. The van der Waals surface area contributed by atoms with Crippen LogP contribution >= 0.6 is 19.2 Å². The highest BCUT2D eigenvalue weighted by atomic mass is 35.5. The van der Waals surface area contributed by atoms with E-state index in [4.69, 9.17) is 26.1 Å². The van der Waals surface area contributed by atoms with Gasteiger partial charge in [0.2, 0.25) is 0 Å².